The smallest absolute Gasteiger partial charge is 0.238 e. The molecule has 21 heavy (non-hydrogen) atoms. The molecule has 1 atom stereocenters. The fourth-order valence-corrected chi connectivity index (χ4v) is 2.02. The predicted octanol–water partition coefficient (Wildman–Crippen LogP) is 3.42. The van der Waals surface area contributed by atoms with Gasteiger partial charge < -0.3 is 10.6 Å². The van der Waals surface area contributed by atoms with E-state index >= 15 is 0 Å². The summed E-state index contributed by atoms with van der Waals surface area (Å²) in [6.07, 6.45) is 0. The molecule has 0 aliphatic rings. The zero-order valence-corrected chi connectivity index (χ0v) is 12.2. The highest BCUT2D eigenvalue weighted by molar-refractivity contribution is 5.92. The highest BCUT2D eigenvalue weighted by Gasteiger charge is 2.09. The summed E-state index contributed by atoms with van der Waals surface area (Å²) in [5, 5.41) is 5.68. The molecule has 4 heteroatoms. The molecule has 0 radical (unpaired) electrons. The van der Waals surface area contributed by atoms with E-state index in [1.54, 1.807) is 19.1 Å². The van der Waals surface area contributed by atoms with E-state index in [2.05, 4.69) is 10.6 Å². The van der Waals surface area contributed by atoms with Gasteiger partial charge >= 0.3 is 0 Å². The molecule has 0 fully saturated rings. The van der Waals surface area contributed by atoms with Crippen molar-refractivity contribution in [1.82, 2.24) is 5.32 Å². The number of rotatable bonds is 5. The number of benzene rings is 2. The minimum absolute atomic E-state index is 0.0554. The normalized spacial score (nSPS) is 12.0. The Morgan fingerprint density at radius 1 is 1.19 bits per heavy atom. The van der Waals surface area contributed by atoms with Crippen molar-refractivity contribution in [1.29, 1.82) is 0 Å². The van der Waals surface area contributed by atoms with E-state index in [0.29, 0.717) is 0 Å². The number of carbonyl (C=O) groups excluding carboxylic acids is 1. The lowest BCUT2D eigenvalue weighted by atomic mass is 10.1. The van der Waals surface area contributed by atoms with Crippen LogP contribution < -0.4 is 10.6 Å². The van der Waals surface area contributed by atoms with Crippen LogP contribution in [0, 0.1) is 12.7 Å². The molecule has 2 N–H and O–H groups in total. The molecular weight excluding hydrogens is 267 g/mol. The van der Waals surface area contributed by atoms with Gasteiger partial charge in [-0.15, -0.1) is 0 Å². The van der Waals surface area contributed by atoms with Crippen molar-refractivity contribution in [3.63, 3.8) is 0 Å². The number of anilines is 1. The Morgan fingerprint density at radius 3 is 2.57 bits per heavy atom. The van der Waals surface area contributed by atoms with Crippen LogP contribution in [-0.4, -0.2) is 12.5 Å². The van der Waals surface area contributed by atoms with Crippen molar-refractivity contribution in [2.75, 3.05) is 11.9 Å². The third-order valence-corrected chi connectivity index (χ3v) is 3.27. The van der Waals surface area contributed by atoms with Crippen LogP contribution in [0.1, 0.15) is 24.1 Å². The summed E-state index contributed by atoms with van der Waals surface area (Å²) in [6.45, 7) is 3.91. The van der Waals surface area contributed by atoms with Crippen LogP contribution in [0.15, 0.2) is 48.5 Å². The van der Waals surface area contributed by atoms with Crippen LogP contribution in [-0.2, 0) is 4.79 Å². The summed E-state index contributed by atoms with van der Waals surface area (Å²) >= 11 is 0. The van der Waals surface area contributed by atoms with Gasteiger partial charge in [-0.25, -0.2) is 4.39 Å². The van der Waals surface area contributed by atoms with Crippen molar-refractivity contribution >= 4 is 11.6 Å². The van der Waals surface area contributed by atoms with Gasteiger partial charge in [0.1, 0.15) is 5.82 Å². The van der Waals surface area contributed by atoms with Crippen molar-refractivity contribution in [2.45, 2.75) is 19.9 Å². The summed E-state index contributed by atoms with van der Waals surface area (Å²) in [5.74, 6) is -0.681. The zero-order chi connectivity index (χ0) is 15.2. The summed E-state index contributed by atoms with van der Waals surface area (Å²) in [6, 6.07) is 14.6. The van der Waals surface area contributed by atoms with E-state index in [4.69, 9.17) is 0 Å². The number of hydrogen-bond donors (Lipinski definition) is 2. The lowest BCUT2D eigenvalue weighted by Gasteiger charge is -2.14. The van der Waals surface area contributed by atoms with Gasteiger partial charge in [0.2, 0.25) is 5.91 Å². The highest BCUT2D eigenvalue weighted by atomic mass is 19.1. The summed E-state index contributed by atoms with van der Waals surface area (Å²) in [7, 11) is 0. The van der Waals surface area contributed by atoms with Crippen LogP contribution >= 0.6 is 0 Å². The van der Waals surface area contributed by atoms with Gasteiger partial charge in [-0.2, -0.15) is 0 Å². The lowest BCUT2D eigenvalue weighted by molar-refractivity contribution is -0.115. The molecule has 2 aromatic rings. The molecule has 2 rings (SSSR count). The molecule has 3 nitrogen and oxygen atoms in total. The number of nitrogens with one attached hydrogen (secondary N) is 2. The molecule has 110 valence electrons. The van der Waals surface area contributed by atoms with Crippen molar-refractivity contribution in [3.8, 4) is 0 Å². The molecule has 2 aromatic carbocycles. The van der Waals surface area contributed by atoms with Gasteiger partial charge in [-0.05, 0) is 37.1 Å². The van der Waals surface area contributed by atoms with Crippen LogP contribution in [0.3, 0.4) is 0 Å². The number of hydrogen-bond acceptors (Lipinski definition) is 2. The first-order valence-corrected chi connectivity index (χ1v) is 6.90. The van der Waals surface area contributed by atoms with Crippen molar-refractivity contribution in [3.05, 3.63) is 65.5 Å². The van der Waals surface area contributed by atoms with Gasteiger partial charge in [-0.1, -0.05) is 36.4 Å². The predicted molar refractivity (Wildman–Crippen MR) is 82.6 cm³/mol. The molecular formula is C17H19FN2O. The molecule has 0 bridgehead atoms. The van der Waals surface area contributed by atoms with Crippen LogP contribution in [0.5, 0.6) is 0 Å². The average molecular weight is 286 g/mol. The first-order valence-electron chi connectivity index (χ1n) is 6.90. The van der Waals surface area contributed by atoms with E-state index in [-0.39, 0.29) is 24.2 Å². The van der Waals surface area contributed by atoms with Crippen LogP contribution in [0.2, 0.25) is 0 Å². The number of carbonyl (C=O) groups is 1. The van der Waals surface area contributed by atoms with E-state index in [1.165, 1.54) is 6.07 Å². The molecule has 0 saturated heterocycles. The standard InChI is InChI=1S/C17H19FN2O/c1-12-8-9-16(15(18)10-12)20-17(21)11-19-13(2)14-6-4-3-5-7-14/h3-10,13,19H,11H2,1-2H3,(H,20,21)/t13-/m1/s1. The maximum absolute atomic E-state index is 13.6. The maximum atomic E-state index is 13.6. The van der Waals surface area contributed by atoms with Crippen LogP contribution in [0.4, 0.5) is 10.1 Å². The minimum Gasteiger partial charge on any atom is -0.322 e. The largest absolute Gasteiger partial charge is 0.322 e. The third-order valence-electron chi connectivity index (χ3n) is 3.27. The lowest BCUT2D eigenvalue weighted by Crippen LogP contribution is -2.30. The first-order chi connectivity index (χ1) is 10.1. The molecule has 0 saturated carbocycles. The van der Waals surface area contributed by atoms with Gasteiger partial charge in [0, 0.05) is 6.04 Å². The molecule has 0 aliphatic carbocycles. The fourth-order valence-electron chi connectivity index (χ4n) is 2.02. The SMILES string of the molecule is Cc1ccc(NC(=O)CN[C@H](C)c2ccccc2)c(F)c1. The van der Waals surface area contributed by atoms with E-state index in [1.807, 2.05) is 37.3 Å². The number of amides is 1. The minimum atomic E-state index is -0.417. The van der Waals surface area contributed by atoms with Gasteiger partial charge in [0.25, 0.3) is 0 Å². The Bertz CT molecular complexity index is 613. The second-order valence-corrected chi connectivity index (χ2v) is 5.04. The topological polar surface area (TPSA) is 41.1 Å². The Hall–Kier alpha value is -2.20. The van der Waals surface area contributed by atoms with E-state index < -0.39 is 5.82 Å². The van der Waals surface area contributed by atoms with E-state index in [9.17, 15) is 9.18 Å². The maximum Gasteiger partial charge on any atom is 0.238 e. The second-order valence-electron chi connectivity index (χ2n) is 5.04. The van der Waals surface area contributed by atoms with Crippen LogP contribution in [0.25, 0.3) is 0 Å². The molecule has 0 spiro atoms. The summed E-state index contributed by atoms with van der Waals surface area (Å²) in [4.78, 5) is 11.8. The fraction of sp³-hybridized carbons (Fsp3) is 0.235. The van der Waals surface area contributed by atoms with Gasteiger partial charge in [0.05, 0.1) is 12.2 Å². The Labute approximate surface area is 124 Å². The quantitative estimate of drug-likeness (QED) is 0.884. The first kappa shape index (κ1) is 15.2. The summed E-state index contributed by atoms with van der Waals surface area (Å²) < 4.78 is 13.6. The molecule has 1 amide bonds. The van der Waals surface area contributed by atoms with E-state index in [0.717, 1.165) is 11.1 Å². The third kappa shape index (κ3) is 4.39. The van der Waals surface area contributed by atoms with Crippen molar-refractivity contribution in [2.24, 2.45) is 0 Å². The Morgan fingerprint density at radius 2 is 1.90 bits per heavy atom. The van der Waals surface area contributed by atoms with Crippen molar-refractivity contribution < 1.29 is 9.18 Å². The van der Waals surface area contributed by atoms with Gasteiger partial charge in [-0.3, -0.25) is 4.79 Å². The monoisotopic (exact) mass is 286 g/mol. The number of aryl methyl sites for hydroxylation is 1. The zero-order valence-electron chi connectivity index (χ0n) is 12.2. The molecule has 0 aliphatic heterocycles. The second kappa shape index (κ2) is 6.99. The molecule has 0 unspecified atom stereocenters. The molecule has 0 aromatic heterocycles. The van der Waals surface area contributed by atoms with Gasteiger partial charge in [0.15, 0.2) is 0 Å². The Kier molecular flexibility index (Phi) is 5.06. The average Bonchev–Trinajstić information content (AvgIpc) is 2.48. The number of halogens is 1. The molecule has 0 heterocycles. The Balaban J connectivity index is 1.87. The summed E-state index contributed by atoms with van der Waals surface area (Å²) in [5.41, 5.74) is 2.13. The highest BCUT2D eigenvalue weighted by Crippen LogP contribution is 2.15.